The van der Waals surface area contributed by atoms with Crippen molar-refractivity contribution < 1.29 is 57.0 Å². The fourth-order valence-electron chi connectivity index (χ4n) is 5.52. The third-order valence-electron chi connectivity index (χ3n) is 8.47. The highest BCUT2D eigenvalue weighted by Gasteiger charge is 2.20. The molecule has 21 nitrogen and oxygen atoms in total. The number of nitrogen functional groups attached to an aromatic ring is 1. The van der Waals surface area contributed by atoms with E-state index in [2.05, 4.69) is 49.4 Å². The SMILES string of the molecule is COc1cc(N=Nc2ccc(/C=C/c3ccc([N+](=O)[O-])cc3S(=O)(=O)O)c(SOOO)c2)c(C)cc1N=Nc1c(SOOO)cc2cc(N=Nc3ccc(N)cc3)ccc2c1O. The van der Waals surface area contributed by atoms with Crippen molar-refractivity contribution in [1.29, 1.82) is 0 Å². The smallest absolute Gasteiger partial charge is 0.295 e. The summed E-state index contributed by atoms with van der Waals surface area (Å²) in [4.78, 5) is 10.2. The number of hydrogen-bond acceptors (Lipinski definition) is 21. The first-order valence-corrected chi connectivity index (χ1v) is 20.2. The average Bonchev–Trinajstić information content (AvgIpc) is 3.25. The fourth-order valence-corrected chi connectivity index (χ4v) is 7.22. The highest BCUT2D eigenvalue weighted by Crippen LogP contribution is 2.46. The van der Waals surface area contributed by atoms with Crippen LogP contribution >= 0.6 is 24.1 Å². The van der Waals surface area contributed by atoms with E-state index >= 15 is 0 Å². The second kappa shape index (κ2) is 20.2. The molecule has 6 N–H and O–H groups in total. The van der Waals surface area contributed by atoms with Gasteiger partial charge in [-0.15, -0.1) is 18.9 Å². The second-order valence-electron chi connectivity index (χ2n) is 12.4. The highest BCUT2D eigenvalue weighted by molar-refractivity contribution is 7.95. The number of nitro groups is 1. The molecule has 0 bridgehead atoms. The largest absolute Gasteiger partial charge is 0.505 e. The molecule has 0 aliphatic heterocycles. The van der Waals surface area contributed by atoms with E-state index in [0.29, 0.717) is 79.3 Å². The topological polar surface area (TPSA) is 305 Å². The molecule has 6 rings (SSSR count). The minimum atomic E-state index is -4.83. The number of anilines is 1. The van der Waals surface area contributed by atoms with Gasteiger partial charge in [-0.05, 0) is 102 Å². The molecule has 0 fully saturated rings. The van der Waals surface area contributed by atoms with Crippen molar-refractivity contribution in [3.63, 3.8) is 0 Å². The molecule has 0 aromatic heterocycles. The number of phenols is 1. The number of nitrogens with zero attached hydrogens (tertiary/aromatic N) is 7. The molecule has 0 heterocycles. The van der Waals surface area contributed by atoms with Crippen LogP contribution < -0.4 is 10.5 Å². The molecular weight excluding hydrogens is 873 g/mol. The van der Waals surface area contributed by atoms with Crippen molar-refractivity contribution in [3.05, 3.63) is 124 Å². The number of nitro benzene ring substituents is 1. The van der Waals surface area contributed by atoms with Crippen molar-refractivity contribution in [2.24, 2.45) is 30.7 Å². The van der Waals surface area contributed by atoms with E-state index in [9.17, 15) is 28.2 Å². The van der Waals surface area contributed by atoms with Crippen LogP contribution in [0.3, 0.4) is 0 Å². The number of hydrogen-bond donors (Lipinski definition) is 5. The van der Waals surface area contributed by atoms with Gasteiger partial charge in [0.05, 0.1) is 63.8 Å². The Kier molecular flexibility index (Phi) is 14.6. The van der Waals surface area contributed by atoms with E-state index in [0.717, 1.165) is 18.2 Å². The maximum atomic E-state index is 12.0. The monoisotopic (exact) mass is 902 g/mol. The molecule has 0 radical (unpaired) electrons. The predicted octanol–water partition coefficient (Wildman–Crippen LogP) is 11.9. The Bertz CT molecular complexity index is 2880. The third-order valence-corrected chi connectivity index (χ3v) is 10.7. The number of ether oxygens (including phenoxy) is 1. The summed E-state index contributed by atoms with van der Waals surface area (Å²) in [6.45, 7) is 1.73. The van der Waals surface area contributed by atoms with E-state index < -0.39 is 25.6 Å². The van der Waals surface area contributed by atoms with Crippen LogP contribution in [0.15, 0.2) is 142 Å². The summed E-state index contributed by atoms with van der Waals surface area (Å²) in [7, 11) is -3.43. The third kappa shape index (κ3) is 11.2. The molecule has 0 saturated carbocycles. The molecule has 24 heteroatoms. The number of non-ortho nitro benzene ring substituents is 1. The predicted molar refractivity (Wildman–Crippen MR) is 226 cm³/mol. The van der Waals surface area contributed by atoms with E-state index in [1.165, 1.54) is 25.3 Å². The Balaban J connectivity index is 1.26. The van der Waals surface area contributed by atoms with Gasteiger partial charge in [0.25, 0.3) is 15.8 Å². The van der Waals surface area contributed by atoms with Crippen LogP contribution in [0, 0.1) is 17.0 Å². The van der Waals surface area contributed by atoms with Crippen LogP contribution in [0.1, 0.15) is 16.7 Å². The standard InChI is InChI=1S/C38H30N8O13S3/c1-21-15-32(44-45-37-35(61-59-57-51)17-24-16-27(12-14-30(24)38(37)47)41-40-26-10-7-25(39)8-11-26)33(55-2)20-31(21)43-42-28-9-5-22(34(18-28)60-58-56-50)3-4-23-6-13-29(46(48)49)19-36(23)62(52,53)54/h3-20,47,50-51H,39H2,1-2H3,(H,52,53,54)/b4-3+,41-40?,43-42?,45-44?. The number of azo groups is 3. The van der Waals surface area contributed by atoms with Gasteiger partial charge in [0.1, 0.15) is 22.0 Å². The Morgan fingerprint density at radius 3 is 2.03 bits per heavy atom. The molecular formula is C38H30N8O13S3. The van der Waals surface area contributed by atoms with Gasteiger partial charge in [-0.25, -0.2) is 10.5 Å². The fraction of sp³-hybridized carbons (Fsp3) is 0.0526. The summed E-state index contributed by atoms with van der Waals surface area (Å²) < 4.78 is 48.5. The van der Waals surface area contributed by atoms with Crippen molar-refractivity contribution in [2.75, 3.05) is 12.8 Å². The maximum absolute atomic E-state index is 12.0. The molecule has 0 spiro atoms. The lowest BCUT2D eigenvalue weighted by Crippen LogP contribution is -2.02. The van der Waals surface area contributed by atoms with Crippen molar-refractivity contribution in [3.8, 4) is 11.5 Å². The summed E-state index contributed by atoms with van der Waals surface area (Å²) in [5.74, 6) is -0.0304. The Labute approximate surface area is 358 Å². The lowest BCUT2D eigenvalue weighted by Gasteiger charge is -2.10. The Morgan fingerprint density at radius 2 is 1.34 bits per heavy atom. The van der Waals surface area contributed by atoms with Crippen LogP contribution in [0.25, 0.3) is 22.9 Å². The summed E-state index contributed by atoms with van der Waals surface area (Å²) >= 11 is 1.14. The molecule has 0 aliphatic carbocycles. The number of fused-ring (bicyclic) bond motifs is 1. The first kappa shape index (κ1) is 44.8. The van der Waals surface area contributed by atoms with E-state index in [-0.39, 0.29) is 33.3 Å². The summed E-state index contributed by atoms with van der Waals surface area (Å²) in [5.41, 5.74) is 8.68. The van der Waals surface area contributed by atoms with Gasteiger partial charge in [-0.1, -0.05) is 28.3 Å². The first-order chi connectivity index (χ1) is 29.8. The van der Waals surface area contributed by atoms with Gasteiger partial charge in [-0.3, -0.25) is 14.7 Å². The zero-order chi connectivity index (χ0) is 44.4. The highest BCUT2D eigenvalue weighted by atomic mass is 32.2. The summed E-state index contributed by atoms with van der Waals surface area (Å²) in [6, 6.07) is 24.2. The minimum absolute atomic E-state index is 0.0200. The van der Waals surface area contributed by atoms with Gasteiger partial charge in [0, 0.05) is 34.2 Å². The molecule has 0 unspecified atom stereocenters. The summed E-state index contributed by atoms with van der Waals surface area (Å²) in [5, 5.41) is 74.4. The molecule has 62 heavy (non-hydrogen) atoms. The van der Waals surface area contributed by atoms with Crippen molar-refractivity contribution >= 4 is 103 Å². The first-order valence-electron chi connectivity index (χ1n) is 17.2. The Morgan fingerprint density at radius 1 is 0.726 bits per heavy atom. The number of nitrogens with two attached hydrogens (primary N) is 1. The van der Waals surface area contributed by atoms with Crippen LogP contribution in [0.2, 0.25) is 0 Å². The average molecular weight is 903 g/mol. The molecule has 0 atom stereocenters. The van der Waals surface area contributed by atoms with Crippen molar-refractivity contribution in [2.45, 2.75) is 21.6 Å². The van der Waals surface area contributed by atoms with Gasteiger partial charge in [0.2, 0.25) is 0 Å². The van der Waals surface area contributed by atoms with E-state index in [4.69, 9.17) is 21.0 Å². The number of phenolic OH excluding ortho intramolecular Hbond substituents is 1. The quantitative estimate of drug-likeness (QED) is 0.00830. The van der Waals surface area contributed by atoms with Gasteiger partial charge in [0.15, 0.2) is 5.75 Å². The molecule has 318 valence electrons. The van der Waals surface area contributed by atoms with Gasteiger partial charge < -0.3 is 15.6 Å². The van der Waals surface area contributed by atoms with Crippen LogP contribution in [0.5, 0.6) is 11.5 Å². The number of benzene rings is 6. The number of aryl methyl sites for hydroxylation is 1. The Hall–Kier alpha value is -6.71. The maximum Gasteiger partial charge on any atom is 0.295 e. The number of aromatic hydroxyl groups is 1. The lowest BCUT2D eigenvalue weighted by molar-refractivity contribution is -0.432. The van der Waals surface area contributed by atoms with Crippen molar-refractivity contribution in [1.82, 2.24) is 0 Å². The number of methoxy groups -OCH3 is 1. The lowest BCUT2D eigenvalue weighted by atomic mass is 10.1. The summed E-state index contributed by atoms with van der Waals surface area (Å²) in [6.07, 6.45) is 2.73. The molecule has 6 aromatic carbocycles. The van der Waals surface area contributed by atoms with Gasteiger partial charge in [-0.2, -0.15) is 28.9 Å². The molecule has 0 amide bonds. The normalized spacial score (nSPS) is 12.1. The minimum Gasteiger partial charge on any atom is -0.505 e. The zero-order valence-corrected chi connectivity index (χ0v) is 34.2. The second-order valence-corrected chi connectivity index (χ2v) is 15.3. The van der Waals surface area contributed by atoms with E-state index in [1.54, 1.807) is 79.7 Å². The zero-order valence-electron chi connectivity index (χ0n) is 31.8. The molecule has 6 aromatic rings. The van der Waals surface area contributed by atoms with Crippen LogP contribution in [-0.2, 0) is 28.9 Å². The number of rotatable bonds is 17. The van der Waals surface area contributed by atoms with Crippen LogP contribution in [-0.4, -0.2) is 40.6 Å². The van der Waals surface area contributed by atoms with E-state index in [1.807, 2.05) is 0 Å². The van der Waals surface area contributed by atoms with Gasteiger partial charge >= 0.3 is 0 Å². The molecule has 0 saturated heterocycles. The van der Waals surface area contributed by atoms with Crippen LogP contribution in [0.4, 0.5) is 45.5 Å². The molecule has 0 aliphatic rings.